The number of nitrogens with two attached hydrogens (primary N) is 1. The summed E-state index contributed by atoms with van der Waals surface area (Å²) in [6, 6.07) is 8.18. The highest BCUT2D eigenvalue weighted by Gasteiger charge is 1.98. The van der Waals surface area contributed by atoms with Gasteiger partial charge in [0.25, 0.3) is 0 Å². The Hall–Kier alpha value is -1.02. The molecule has 0 fully saturated rings. The van der Waals surface area contributed by atoms with Gasteiger partial charge in [-0.25, -0.2) is 0 Å². The van der Waals surface area contributed by atoms with Crippen molar-refractivity contribution >= 4 is 0 Å². The van der Waals surface area contributed by atoms with Crippen LogP contribution in [0, 0.1) is 0 Å². The summed E-state index contributed by atoms with van der Waals surface area (Å²) < 4.78 is 5.11. The van der Waals surface area contributed by atoms with Gasteiger partial charge in [-0.15, -0.1) is 0 Å². The lowest BCUT2D eigenvalue weighted by molar-refractivity contribution is 0.414. The van der Waals surface area contributed by atoms with E-state index in [9.17, 15) is 0 Å². The molecule has 13 heavy (non-hydrogen) atoms. The van der Waals surface area contributed by atoms with E-state index in [0.29, 0.717) is 5.92 Å². The molecule has 0 unspecified atom stereocenters. The van der Waals surface area contributed by atoms with Crippen molar-refractivity contribution in [2.45, 2.75) is 19.8 Å². The topological polar surface area (TPSA) is 35.2 Å². The molecule has 0 aromatic heterocycles. The maximum atomic E-state index is 5.11. The number of ether oxygens (including phenoxy) is 1. The van der Waals surface area contributed by atoms with E-state index >= 15 is 0 Å². The smallest absolute Gasteiger partial charge is 0.119 e. The van der Waals surface area contributed by atoms with Crippen LogP contribution in [0.25, 0.3) is 0 Å². The summed E-state index contributed by atoms with van der Waals surface area (Å²) in [5, 5.41) is 0. The van der Waals surface area contributed by atoms with Gasteiger partial charge in [-0.3, -0.25) is 0 Å². The van der Waals surface area contributed by atoms with Gasteiger partial charge in [-0.1, -0.05) is 26.0 Å². The molecule has 2 nitrogen and oxygen atoms in total. The molecule has 0 radical (unpaired) electrons. The third kappa shape index (κ3) is 3.95. The van der Waals surface area contributed by atoms with Gasteiger partial charge >= 0.3 is 0 Å². The van der Waals surface area contributed by atoms with E-state index in [0.717, 1.165) is 5.75 Å². The third-order valence-corrected chi connectivity index (χ3v) is 1.76. The number of benzene rings is 1. The molecule has 0 amide bonds. The average Bonchev–Trinajstić information content (AvgIpc) is 2.21. The predicted molar refractivity (Wildman–Crippen MR) is 57.2 cm³/mol. The van der Waals surface area contributed by atoms with Crippen LogP contribution >= 0.6 is 0 Å². The molecule has 2 heteroatoms. The first-order valence-corrected chi connectivity index (χ1v) is 4.45. The summed E-state index contributed by atoms with van der Waals surface area (Å²) in [7, 11) is 3.19. The molecule has 1 aromatic carbocycles. The van der Waals surface area contributed by atoms with Crippen LogP contribution in [-0.4, -0.2) is 14.2 Å². The van der Waals surface area contributed by atoms with Gasteiger partial charge < -0.3 is 10.5 Å². The Kier molecular flexibility index (Phi) is 5.98. The highest BCUT2D eigenvalue weighted by Crippen LogP contribution is 2.19. The number of hydrogen-bond donors (Lipinski definition) is 1. The lowest BCUT2D eigenvalue weighted by Gasteiger charge is -2.06. The second-order valence-corrected chi connectivity index (χ2v) is 2.93. The third-order valence-electron chi connectivity index (χ3n) is 1.76. The predicted octanol–water partition coefficient (Wildman–Crippen LogP) is 2.39. The van der Waals surface area contributed by atoms with Gasteiger partial charge in [-0.2, -0.15) is 0 Å². The van der Waals surface area contributed by atoms with Gasteiger partial charge in [0.15, 0.2) is 0 Å². The van der Waals surface area contributed by atoms with E-state index in [1.807, 2.05) is 12.1 Å². The first-order chi connectivity index (χ1) is 6.24. The molecule has 0 aliphatic carbocycles. The molecule has 1 rings (SSSR count). The lowest BCUT2D eigenvalue weighted by atomic mass is 10.0. The van der Waals surface area contributed by atoms with E-state index in [1.54, 1.807) is 7.11 Å². The minimum Gasteiger partial charge on any atom is -0.497 e. The first kappa shape index (κ1) is 12.0. The number of rotatable bonds is 2. The monoisotopic (exact) mass is 181 g/mol. The summed E-state index contributed by atoms with van der Waals surface area (Å²) in [6.45, 7) is 4.35. The highest BCUT2D eigenvalue weighted by atomic mass is 16.5. The Balaban J connectivity index is 0.000000671. The van der Waals surface area contributed by atoms with Crippen molar-refractivity contribution < 1.29 is 4.74 Å². The second-order valence-electron chi connectivity index (χ2n) is 2.93. The minimum atomic E-state index is 0.574. The van der Waals surface area contributed by atoms with Gasteiger partial charge in [0.05, 0.1) is 7.11 Å². The van der Waals surface area contributed by atoms with Crippen LogP contribution in [-0.2, 0) is 0 Å². The zero-order chi connectivity index (χ0) is 10.3. The van der Waals surface area contributed by atoms with Crippen molar-refractivity contribution in [3.8, 4) is 5.75 Å². The standard InChI is InChI=1S/C10H14O.CH5N/c1-8(2)9-5-4-6-10(7-9)11-3;1-2/h4-8H,1-3H3;2H2,1H3. The van der Waals surface area contributed by atoms with Crippen molar-refractivity contribution in [2.75, 3.05) is 14.2 Å². The minimum absolute atomic E-state index is 0.574. The molecule has 0 heterocycles. The van der Waals surface area contributed by atoms with Crippen LogP contribution in [0.2, 0.25) is 0 Å². The fourth-order valence-electron chi connectivity index (χ4n) is 1.00. The largest absolute Gasteiger partial charge is 0.497 e. The molecule has 0 aliphatic rings. The molecule has 0 atom stereocenters. The Morgan fingerprint density at radius 2 is 1.85 bits per heavy atom. The van der Waals surface area contributed by atoms with Gasteiger partial charge in [-0.05, 0) is 30.7 Å². The van der Waals surface area contributed by atoms with Crippen LogP contribution in [0.15, 0.2) is 24.3 Å². The van der Waals surface area contributed by atoms with E-state index in [2.05, 4.69) is 31.7 Å². The van der Waals surface area contributed by atoms with E-state index in [4.69, 9.17) is 4.74 Å². The molecular formula is C11H19NO. The van der Waals surface area contributed by atoms with Crippen LogP contribution in [0.4, 0.5) is 0 Å². The Bertz CT molecular complexity index is 233. The van der Waals surface area contributed by atoms with Gasteiger partial charge in [0.1, 0.15) is 5.75 Å². The maximum Gasteiger partial charge on any atom is 0.119 e. The van der Waals surface area contributed by atoms with Crippen molar-refractivity contribution in [3.05, 3.63) is 29.8 Å². The molecule has 74 valence electrons. The van der Waals surface area contributed by atoms with E-state index < -0.39 is 0 Å². The first-order valence-electron chi connectivity index (χ1n) is 4.45. The van der Waals surface area contributed by atoms with Crippen LogP contribution in [0.1, 0.15) is 25.3 Å². The molecule has 0 bridgehead atoms. The summed E-state index contributed by atoms with van der Waals surface area (Å²) >= 11 is 0. The fourth-order valence-corrected chi connectivity index (χ4v) is 1.00. The SMILES string of the molecule is CN.COc1cccc(C(C)C)c1. The molecule has 0 saturated carbocycles. The lowest BCUT2D eigenvalue weighted by Crippen LogP contribution is -1.88. The zero-order valence-electron chi connectivity index (χ0n) is 8.87. The summed E-state index contributed by atoms with van der Waals surface area (Å²) in [5.74, 6) is 1.52. The van der Waals surface area contributed by atoms with Crippen LogP contribution in [0.3, 0.4) is 0 Å². The Morgan fingerprint density at radius 3 is 2.31 bits per heavy atom. The second kappa shape index (κ2) is 6.49. The van der Waals surface area contributed by atoms with Crippen molar-refractivity contribution in [3.63, 3.8) is 0 Å². The normalized spacial score (nSPS) is 9.08. The van der Waals surface area contributed by atoms with E-state index in [-0.39, 0.29) is 0 Å². The molecule has 0 saturated heterocycles. The maximum absolute atomic E-state index is 5.11. The molecule has 2 N–H and O–H groups in total. The van der Waals surface area contributed by atoms with Gasteiger partial charge in [0.2, 0.25) is 0 Å². The number of methoxy groups -OCH3 is 1. The zero-order valence-corrected chi connectivity index (χ0v) is 8.87. The summed E-state index contributed by atoms with van der Waals surface area (Å²) in [5.41, 5.74) is 5.82. The van der Waals surface area contributed by atoms with Crippen molar-refractivity contribution in [1.82, 2.24) is 0 Å². The van der Waals surface area contributed by atoms with Crippen molar-refractivity contribution in [1.29, 1.82) is 0 Å². The average molecular weight is 181 g/mol. The van der Waals surface area contributed by atoms with Crippen LogP contribution in [0.5, 0.6) is 5.75 Å². The Morgan fingerprint density at radius 1 is 1.23 bits per heavy atom. The van der Waals surface area contributed by atoms with Crippen molar-refractivity contribution in [2.24, 2.45) is 5.73 Å². The molecule has 0 spiro atoms. The highest BCUT2D eigenvalue weighted by molar-refractivity contribution is 5.29. The van der Waals surface area contributed by atoms with Gasteiger partial charge in [0, 0.05) is 0 Å². The van der Waals surface area contributed by atoms with Crippen LogP contribution < -0.4 is 10.5 Å². The quantitative estimate of drug-likeness (QED) is 0.760. The number of hydrogen-bond acceptors (Lipinski definition) is 2. The summed E-state index contributed by atoms with van der Waals surface area (Å²) in [6.07, 6.45) is 0. The Labute approximate surface area is 80.7 Å². The van der Waals surface area contributed by atoms with E-state index in [1.165, 1.54) is 12.6 Å². The molecule has 0 aliphatic heterocycles. The fraction of sp³-hybridized carbons (Fsp3) is 0.455. The summed E-state index contributed by atoms with van der Waals surface area (Å²) in [4.78, 5) is 0. The molecule has 1 aromatic rings. The molecular weight excluding hydrogens is 162 g/mol.